The summed E-state index contributed by atoms with van der Waals surface area (Å²) < 4.78 is 5.90. The zero-order chi connectivity index (χ0) is 12.1. The Kier molecular flexibility index (Phi) is 4.81. The molecule has 2 heteroatoms. The second-order valence-electron chi connectivity index (χ2n) is 4.81. The number of benzene rings is 1. The van der Waals surface area contributed by atoms with E-state index in [4.69, 9.17) is 4.74 Å². The highest BCUT2D eigenvalue weighted by atomic mass is 16.5. The van der Waals surface area contributed by atoms with Crippen molar-refractivity contribution in [1.29, 1.82) is 0 Å². The third-order valence-corrected chi connectivity index (χ3v) is 2.42. The smallest absolute Gasteiger partial charge is 0.126 e. The van der Waals surface area contributed by atoms with Crippen LogP contribution in [-0.4, -0.2) is 13.7 Å². The number of hydrogen-bond acceptors (Lipinski definition) is 2. The molecule has 0 aromatic heterocycles. The van der Waals surface area contributed by atoms with Gasteiger partial charge < -0.3 is 10.1 Å². The molecule has 0 radical (unpaired) electrons. The molecular weight excluding hydrogens is 198 g/mol. The summed E-state index contributed by atoms with van der Waals surface area (Å²) in [5, 5.41) is 3.19. The summed E-state index contributed by atoms with van der Waals surface area (Å²) in [5.74, 6) is 1.61. The number of nitrogens with one attached hydrogen (secondary N) is 1. The lowest BCUT2D eigenvalue weighted by atomic mass is 10.1. The predicted octanol–water partition coefficient (Wildman–Crippen LogP) is 3.06. The Hall–Kier alpha value is -1.02. The van der Waals surface area contributed by atoms with Crippen LogP contribution in [0.25, 0.3) is 0 Å². The van der Waals surface area contributed by atoms with Gasteiger partial charge in [0.25, 0.3) is 0 Å². The third kappa shape index (κ3) is 3.53. The summed E-state index contributed by atoms with van der Waals surface area (Å²) in [5.41, 5.74) is 3.77. The summed E-state index contributed by atoms with van der Waals surface area (Å²) in [6, 6.07) is 4.37. The van der Waals surface area contributed by atoms with E-state index < -0.39 is 0 Å². The summed E-state index contributed by atoms with van der Waals surface area (Å²) >= 11 is 0. The molecule has 1 aromatic carbocycles. The van der Waals surface area contributed by atoms with Crippen LogP contribution in [-0.2, 0) is 6.54 Å². The minimum absolute atomic E-state index is 0.558. The third-order valence-electron chi connectivity index (χ3n) is 2.42. The Bertz CT molecular complexity index is 345. The van der Waals surface area contributed by atoms with E-state index in [1.54, 1.807) is 0 Å². The average Bonchev–Trinajstić information content (AvgIpc) is 2.16. The van der Waals surface area contributed by atoms with E-state index in [1.165, 1.54) is 16.7 Å². The molecule has 0 atom stereocenters. The van der Waals surface area contributed by atoms with Gasteiger partial charge in [-0.15, -0.1) is 0 Å². The van der Waals surface area contributed by atoms with Gasteiger partial charge in [-0.05, 0) is 32.4 Å². The minimum Gasteiger partial charge on any atom is -0.493 e. The zero-order valence-corrected chi connectivity index (χ0v) is 11.1. The van der Waals surface area contributed by atoms with Gasteiger partial charge in [-0.3, -0.25) is 0 Å². The first-order chi connectivity index (χ1) is 7.54. The van der Waals surface area contributed by atoms with Gasteiger partial charge in [0.1, 0.15) is 5.75 Å². The van der Waals surface area contributed by atoms with Gasteiger partial charge in [0.15, 0.2) is 0 Å². The molecule has 0 spiro atoms. The molecule has 1 N–H and O–H groups in total. The van der Waals surface area contributed by atoms with Crippen LogP contribution in [0, 0.1) is 19.8 Å². The van der Waals surface area contributed by atoms with Gasteiger partial charge in [0.2, 0.25) is 0 Å². The van der Waals surface area contributed by atoms with Crippen molar-refractivity contribution in [3.05, 3.63) is 28.8 Å². The van der Waals surface area contributed by atoms with Crippen molar-refractivity contribution >= 4 is 0 Å². The van der Waals surface area contributed by atoms with E-state index in [0.717, 1.165) is 18.9 Å². The molecule has 90 valence electrons. The minimum atomic E-state index is 0.558. The van der Waals surface area contributed by atoms with E-state index >= 15 is 0 Å². The molecule has 0 aliphatic rings. The lowest BCUT2D eigenvalue weighted by Gasteiger charge is -2.16. The lowest BCUT2D eigenvalue weighted by molar-refractivity contribution is 0.266. The van der Waals surface area contributed by atoms with Gasteiger partial charge in [0, 0.05) is 12.1 Å². The molecule has 0 fully saturated rings. The average molecular weight is 221 g/mol. The first-order valence-corrected chi connectivity index (χ1v) is 5.92. The Balaban J connectivity index is 2.94. The molecule has 0 saturated heterocycles. The molecule has 2 nitrogen and oxygen atoms in total. The lowest BCUT2D eigenvalue weighted by Crippen LogP contribution is -2.11. The maximum absolute atomic E-state index is 5.90. The van der Waals surface area contributed by atoms with Gasteiger partial charge in [-0.1, -0.05) is 31.5 Å². The quantitative estimate of drug-likeness (QED) is 0.825. The molecule has 16 heavy (non-hydrogen) atoms. The van der Waals surface area contributed by atoms with Crippen molar-refractivity contribution in [3.63, 3.8) is 0 Å². The van der Waals surface area contributed by atoms with Crippen LogP contribution in [0.2, 0.25) is 0 Å². The molecule has 0 saturated carbocycles. The van der Waals surface area contributed by atoms with E-state index in [1.807, 2.05) is 7.05 Å². The van der Waals surface area contributed by atoms with E-state index in [2.05, 4.69) is 45.1 Å². The molecule has 1 aromatic rings. The standard InChI is InChI=1S/C14H23NO/c1-10(2)9-16-14-12(4)6-11(3)7-13(14)8-15-5/h6-7,10,15H,8-9H2,1-5H3. The summed E-state index contributed by atoms with van der Waals surface area (Å²) in [4.78, 5) is 0. The maximum Gasteiger partial charge on any atom is 0.126 e. The summed E-state index contributed by atoms with van der Waals surface area (Å²) in [7, 11) is 1.96. The Morgan fingerprint density at radius 1 is 1.25 bits per heavy atom. The van der Waals surface area contributed by atoms with Crippen molar-refractivity contribution in [2.24, 2.45) is 5.92 Å². The molecule has 0 amide bonds. The van der Waals surface area contributed by atoms with Crippen molar-refractivity contribution in [2.45, 2.75) is 34.2 Å². The van der Waals surface area contributed by atoms with Crippen molar-refractivity contribution in [3.8, 4) is 5.75 Å². The van der Waals surface area contributed by atoms with Crippen LogP contribution in [0.3, 0.4) is 0 Å². The van der Waals surface area contributed by atoms with Crippen molar-refractivity contribution < 1.29 is 4.74 Å². The topological polar surface area (TPSA) is 21.3 Å². The number of rotatable bonds is 5. The molecule has 0 unspecified atom stereocenters. The van der Waals surface area contributed by atoms with Gasteiger partial charge >= 0.3 is 0 Å². The second-order valence-corrected chi connectivity index (χ2v) is 4.81. The molecular formula is C14H23NO. The molecule has 0 bridgehead atoms. The van der Waals surface area contributed by atoms with Gasteiger partial charge in [-0.25, -0.2) is 0 Å². The predicted molar refractivity (Wildman–Crippen MR) is 69.0 cm³/mol. The zero-order valence-electron chi connectivity index (χ0n) is 11.1. The largest absolute Gasteiger partial charge is 0.493 e. The van der Waals surface area contributed by atoms with Crippen LogP contribution in [0.15, 0.2) is 12.1 Å². The maximum atomic E-state index is 5.90. The SMILES string of the molecule is CNCc1cc(C)cc(C)c1OCC(C)C. The Morgan fingerprint density at radius 2 is 1.94 bits per heavy atom. The van der Waals surface area contributed by atoms with Gasteiger partial charge in [-0.2, -0.15) is 0 Å². The monoisotopic (exact) mass is 221 g/mol. The van der Waals surface area contributed by atoms with Crippen LogP contribution in [0.5, 0.6) is 5.75 Å². The van der Waals surface area contributed by atoms with Gasteiger partial charge in [0.05, 0.1) is 6.61 Å². The van der Waals surface area contributed by atoms with Crippen LogP contribution < -0.4 is 10.1 Å². The highest BCUT2D eigenvalue weighted by molar-refractivity contribution is 5.43. The van der Waals surface area contributed by atoms with Crippen LogP contribution in [0.1, 0.15) is 30.5 Å². The van der Waals surface area contributed by atoms with E-state index in [-0.39, 0.29) is 0 Å². The second kappa shape index (κ2) is 5.90. The van der Waals surface area contributed by atoms with E-state index in [0.29, 0.717) is 5.92 Å². The normalized spacial score (nSPS) is 10.9. The fourth-order valence-electron chi connectivity index (χ4n) is 1.82. The number of aryl methyl sites for hydroxylation is 2. The molecule has 0 aliphatic carbocycles. The number of ether oxygens (including phenoxy) is 1. The summed E-state index contributed by atoms with van der Waals surface area (Å²) in [6.07, 6.45) is 0. The highest BCUT2D eigenvalue weighted by Crippen LogP contribution is 2.25. The number of hydrogen-bond donors (Lipinski definition) is 1. The summed E-state index contributed by atoms with van der Waals surface area (Å²) in [6.45, 7) is 10.2. The van der Waals surface area contributed by atoms with Crippen LogP contribution >= 0.6 is 0 Å². The Morgan fingerprint density at radius 3 is 2.50 bits per heavy atom. The first kappa shape index (κ1) is 13.0. The molecule has 1 rings (SSSR count). The van der Waals surface area contributed by atoms with Crippen molar-refractivity contribution in [2.75, 3.05) is 13.7 Å². The highest BCUT2D eigenvalue weighted by Gasteiger charge is 2.08. The van der Waals surface area contributed by atoms with E-state index in [9.17, 15) is 0 Å². The first-order valence-electron chi connectivity index (χ1n) is 5.92. The fourth-order valence-corrected chi connectivity index (χ4v) is 1.82. The van der Waals surface area contributed by atoms with Crippen LogP contribution in [0.4, 0.5) is 0 Å². The molecule has 0 aliphatic heterocycles. The fraction of sp³-hybridized carbons (Fsp3) is 0.571. The Labute approximate surface area is 99.0 Å². The molecule has 0 heterocycles. The van der Waals surface area contributed by atoms with Crippen molar-refractivity contribution in [1.82, 2.24) is 5.32 Å².